The highest BCUT2D eigenvalue weighted by atomic mass is 16.6. The van der Waals surface area contributed by atoms with E-state index in [0.717, 1.165) is 26.1 Å². The van der Waals surface area contributed by atoms with Crippen LogP contribution in [0.2, 0.25) is 0 Å². The first-order valence-electron chi connectivity index (χ1n) is 6.66. The topological polar surface area (TPSA) is 53.0 Å². The molecule has 1 rings (SSSR count). The van der Waals surface area contributed by atoms with Gasteiger partial charge in [0.1, 0.15) is 5.60 Å². The number of carbonyl (C=O) groups excluding carboxylic acids is 1. The van der Waals surface area contributed by atoms with E-state index in [1.165, 1.54) is 0 Å². The number of ether oxygens (including phenoxy) is 1. The maximum atomic E-state index is 12.0. The van der Waals surface area contributed by atoms with Gasteiger partial charge in [-0.3, -0.25) is 4.90 Å². The molecule has 0 aromatic carbocycles. The van der Waals surface area contributed by atoms with Gasteiger partial charge in [-0.2, -0.15) is 0 Å². The summed E-state index contributed by atoms with van der Waals surface area (Å²) in [5.41, 5.74) is -0.440. The number of aliphatic hydroxyl groups is 1. The Hall–Kier alpha value is -0.810. The van der Waals surface area contributed by atoms with Crippen molar-refractivity contribution in [1.82, 2.24) is 9.80 Å². The van der Waals surface area contributed by atoms with Gasteiger partial charge in [-0.15, -0.1) is 0 Å². The molecule has 1 fully saturated rings. The van der Waals surface area contributed by atoms with Gasteiger partial charge >= 0.3 is 6.09 Å². The zero-order valence-electron chi connectivity index (χ0n) is 12.0. The average molecular weight is 258 g/mol. The SMILES string of the molecule is C[C@@H]1CN(CCCO)CCN1C(=O)OC(C)(C)C. The largest absolute Gasteiger partial charge is 0.444 e. The Kier molecular flexibility index (Phi) is 5.41. The number of carbonyl (C=O) groups is 1. The Morgan fingerprint density at radius 2 is 2.06 bits per heavy atom. The van der Waals surface area contributed by atoms with Crippen molar-refractivity contribution in [3.8, 4) is 0 Å². The third-order valence-corrected chi connectivity index (χ3v) is 2.97. The lowest BCUT2D eigenvalue weighted by atomic mass is 10.2. The molecule has 0 aliphatic carbocycles. The van der Waals surface area contributed by atoms with Gasteiger partial charge in [0.2, 0.25) is 0 Å². The molecule has 5 nitrogen and oxygen atoms in total. The summed E-state index contributed by atoms with van der Waals surface area (Å²) in [6.07, 6.45) is 0.566. The highest BCUT2D eigenvalue weighted by molar-refractivity contribution is 5.68. The monoisotopic (exact) mass is 258 g/mol. The molecule has 1 N–H and O–H groups in total. The minimum Gasteiger partial charge on any atom is -0.444 e. The van der Waals surface area contributed by atoms with Crippen LogP contribution in [0.3, 0.4) is 0 Å². The second-order valence-corrected chi connectivity index (χ2v) is 5.90. The second kappa shape index (κ2) is 6.38. The lowest BCUT2D eigenvalue weighted by Gasteiger charge is -2.40. The molecule has 1 amide bonds. The third-order valence-electron chi connectivity index (χ3n) is 2.97. The van der Waals surface area contributed by atoms with Gasteiger partial charge in [-0.1, -0.05) is 0 Å². The Morgan fingerprint density at radius 1 is 1.39 bits per heavy atom. The van der Waals surface area contributed by atoms with Crippen molar-refractivity contribution >= 4 is 6.09 Å². The zero-order chi connectivity index (χ0) is 13.8. The van der Waals surface area contributed by atoms with Crippen LogP contribution in [0.25, 0.3) is 0 Å². The molecule has 1 saturated heterocycles. The van der Waals surface area contributed by atoms with Crippen LogP contribution in [0.15, 0.2) is 0 Å². The standard InChI is InChI=1S/C13H26N2O3/c1-11-10-14(6-5-9-16)7-8-15(11)12(17)18-13(2,3)4/h11,16H,5-10H2,1-4H3/t11-/m1/s1. The number of hydrogen-bond acceptors (Lipinski definition) is 4. The van der Waals surface area contributed by atoms with E-state index in [0.29, 0.717) is 6.54 Å². The number of rotatable bonds is 3. The van der Waals surface area contributed by atoms with Crippen LogP contribution >= 0.6 is 0 Å². The Balaban J connectivity index is 2.44. The summed E-state index contributed by atoms with van der Waals surface area (Å²) < 4.78 is 5.39. The fourth-order valence-electron chi connectivity index (χ4n) is 2.12. The summed E-state index contributed by atoms with van der Waals surface area (Å²) >= 11 is 0. The van der Waals surface area contributed by atoms with Crippen LogP contribution in [0.4, 0.5) is 4.79 Å². The van der Waals surface area contributed by atoms with E-state index < -0.39 is 5.60 Å². The Labute approximate surface area is 110 Å². The van der Waals surface area contributed by atoms with Crippen molar-refractivity contribution in [3.05, 3.63) is 0 Å². The van der Waals surface area contributed by atoms with E-state index >= 15 is 0 Å². The van der Waals surface area contributed by atoms with Gasteiger partial charge in [-0.05, 0) is 34.1 Å². The van der Waals surface area contributed by atoms with Crippen LogP contribution in [-0.4, -0.2) is 65.4 Å². The summed E-state index contributed by atoms with van der Waals surface area (Å²) in [7, 11) is 0. The molecule has 106 valence electrons. The minimum absolute atomic E-state index is 0.160. The van der Waals surface area contributed by atoms with Crippen molar-refractivity contribution in [1.29, 1.82) is 0 Å². The molecule has 0 unspecified atom stereocenters. The molecule has 0 bridgehead atoms. The molecule has 0 saturated carbocycles. The van der Waals surface area contributed by atoms with Crippen molar-refractivity contribution in [2.75, 3.05) is 32.8 Å². The van der Waals surface area contributed by atoms with E-state index in [2.05, 4.69) is 4.90 Å². The average Bonchev–Trinajstić information content (AvgIpc) is 2.23. The number of nitrogens with zero attached hydrogens (tertiary/aromatic N) is 2. The first-order chi connectivity index (χ1) is 8.33. The summed E-state index contributed by atoms with van der Waals surface area (Å²) in [5.74, 6) is 0. The van der Waals surface area contributed by atoms with Crippen LogP contribution in [0.1, 0.15) is 34.1 Å². The Morgan fingerprint density at radius 3 is 2.56 bits per heavy atom. The smallest absolute Gasteiger partial charge is 0.410 e. The number of piperazine rings is 1. The molecule has 1 aliphatic heterocycles. The molecule has 1 heterocycles. The summed E-state index contributed by atoms with van der Waals surface area (Å²) in [6.45, 7) is 11.2. The molecular weight excluding hydrogens is 232 g/mol. The van der Waals surface area contributed by atoms with Crippen LogP contribution < -0.4 is 0 Å². The second-order valence-electron chi connectivity index (χ2n) is 5.90. The normalized spacial score (nSPS) is 22.1. The van der Waals surface area contributed by atoms with Gasteiger partial charge < -0.3 is 14.7 Å². The first-order valence-corrected chi connectivity index (χ1v) is 6.66. The highest BCUT2D eigenvalue weighted by Crippen LogP contribution is 2.15. The van der Waals surface area contributed by atoms with Crippen LogP contribution in [0.5, 0.6) is 0 Å². The van der Waals surface area contributed by atoms with Crippen molar-refractivity contribution in [2.24, 2.45) is 0 Å². The van der Waals surface area contributed by atoms with Gasteiger partial charge in [0.05, 0.1) is 0 Å². The Bertz CT molecular complexity index is 276. The van der Waals surface area contributed by atoms with E-state index in [-0.39, 0.29) is 18.7 Å². The molecule has 0 spiro atoms. The summed E-state index contributed by atoms with van der Waals surface area (Å²) in [6, 6.07) is 0.160. The first kappa shape index (κ1) is 15.2. The molecule has 1 aliphatic rings. The molecule has 0 radical (unpaired) electrons. The van der Waals surface area contributed by atoms with E-state index in [4.69, 9.17) is 9.84 Å². The predicted octanol–water partition coefficient (Wildman–Crippen LogP) is 1.31. The number of amides is 1. The van der Waals surface area contributed by atoms with Gasteiger partial charge in [0, 0.05) is 38.8 Å². The maximum absolute atomic E-state index is 12.0. The molecular formula is C13H26N2O3. The van der Waals surface area contributed by atoms with E-state index in [9.17, 15) is 4.79 Å². The van der Waals surface area contributed by atoms with E-state index in [1.807, 2.05) is 27.7 Å². The number of aliphatic hydroxyl groups excluding tert-OH is 1. The third kappa shape index (κ3) is 4.82. The van der Waals surface area contributed by atoms with Crippen molar-refractivity contribution in [2.45, 2.75) is 45.8 Å². The summed E-state index contributed by atoms with van der Waals surface area (Å²) in [4.78, 5) is 16.1. The summed E-state index contributed by atoms with van der Waals surface area (Å²) in [5, 5.41) is 8.82. The molecule has 0 aromatic heterocycles. The highest BCUT2D eigenvalue weighted by Gasteiger charge is 2.30. The quantitative estimate of drug-likeness (QED) is 0.829. The molecule has 0 aromatic rings. The van der Waals surface area contributed by atoms with Gasteiger partial charge in [0.15, 0.2) is 0 Å². The maximum Gasteiger partial charge on any atom is 0.410 e. The van der Waals surface area contributed by atoms with Crippen LogP contribution in [-0.2, 0) is 4.74 Å². The van der Waals surface area contributed by atoms with Crippen LogP contribution in [0, 0.1) is 0 Å². The predicted molar refractivity (Wildman–Crippen MR) is 70.5 cm³/mol. The lowest BCUT2D eigenvalue weighted by Crippen LogP contribution is -2.55. The molecule has 5 heteroatoms. The van der Waals surface area contributed by atoms with Crippen molar-refractivity contribution < 1.29 is 14.6 Å². The van der Waals surface area contributed by atoms with Gasteiger partial charge in [-0.25, -0.2) is 4.79 Å². The number of hydrogen-bond donors (Lipinski definition) is 1. The van der Waals surface area contributed by atoms with Crippen molar-refractivity contribution in [3.63, 3.8) is 0 Å². The lowest BCUT2D eigenvalue weighted by molar-refractivity contribution is 0.000943. The molecule has 1 atom stereocenters. The van der Waals surface area contributed by atoms with Gasteiger partial charge in [0.25, 0.3) is 0 Å². The fraction of sp³-hybridized carbons (Fsp3) is 0.923. The zero-order valence-corrected chi connectivity index (χ0v) is 12.0. The molecule has 18 heavy (non-hydrogen) atoms. The fourth-order valence-corrected chi connectivity index (χ4v) is 2.12. The van der Waals surface area contributed by atoms with E-state index in [1.54, 1.807) is 4.90 Å². The minimum atomic E-state index is -0.440.